The monoisotopic (exact) mass is 348 g/mol. The van der Waals surface area contributed by atoms with Crippen molar-refractivity contribution in [2.24, 2.45) is 0 Å². The first-order valence-electron chi connectivity index (χ1n) is 6.18. The number of hydrogen-bond acceptors (Lipinski definition) is 5. The molecule has 106 valence electrons. The fourth-order valence-corrected chi connectivity index (χ4v) is 2.55. The number of pyridine rings is 1. The van der Waals surface area contributed by atoms with Gasteiger partial charge >= 0.3 is 5.69 Å². The van der Waals surface area contributed by atoms with E-state index in [0.29, 0.717) is 28.6 Å². The molecular formula is C14H9BrN2O4. The van der Waals surface area contributed by atoms with E-state index in [1.807, 2.05) is 0 Å². The van der Waals surface area contributed by atoms with Crippen LogP contribution in [0.2, 0.25) is 0 Å². The number of benzene rings is 1. The normalized spacial score (nSPS) is 13.1. The standard InChI is InChI=1S/C14H9BrN2O4/c15-9-6-12(17(19)20)14(16-7-9)21-10-2-3-11-8(5-10)1-4-13(11)18/h2-3,5-7H,1,4H2. The summed E-state index contributed by atoms with van der Waals surface area (Å²) < 4.78 is 6.00. The summed E-state index contributed by atoms with van der Waals surface area (Å²) in [6.07, 6.45) is 2.59. The van der Waals surface area contributed by atoms with Gasteiger partial charge in [0.15, 0.2) is 5.78 Å². The number of aryl methyl sites for hydroxylation is 1. The number of hydrogen-bond donors (Lipinski definition) is 0. The lowest BCUT2D eigenvalue weighted by Gasteiger charge is -2.07. The quantitative estimate of drug-likeness (QED) is 0.624. The van der Waals surface area contributed by atoms with Crippen LogP contribution < -0.4 is 4.74 Å². The number of fused-ring (bicyclic) bond motifs is 1. The number of carbonyl (C=O) groups excluding carboxylic acids is 1. The second kappa shape index (κ2) is 5.25. The van der Waals surface area contributed by atoms with Gasteiger partial charge in [0.05, 0.1) is 4.92 Å². The molecule has 7 heteroatoms. The van der Waals surface area contributed by atoms with Crippen LogP contribution in [0, 0.1) is 10.1 Å². The van der Waals surface area contributed by atoms with E-state index in [1.165, 1.54) is 12.3 Å². The average molecular weight is 349 g/mol. The minimum atomic E-state index is -0.552. The lowest BCUT2D eigenvalue weighted by Crippen LogP contribution is -1.97. The predicted octanol–water partition coefficient (Wildman–Crippen LogP) is 3.67. The Morgan fingerprint density at radius 3 is 2.86 bits per heavy atom. The summed E-state index contributed by atoms with van der Waals surface area (Å²) in [5.41, 5.74) is 1.37. The van der Waals surface area contributed by atoms with Gasteiger partial charge < -0.3 is 4.74 Å². The molecule has 0 fully saturated rings. The Kier molecular flexibility index (Phi) is 3.42. The topological polar surface area (TPSA) is 82.3 Å². The number of carbonyl (C=O) groups is 1. The van der Waals surface area contributed by atoms with Gasteiger partial charge in [-0.25, -0.2) is 4.98 Å². The fraction of sp³-hybridized carbons (Fsp3) is 0.143. The summed E-state index contributed by atoms with van der Waals surface area (Å²) in [6.45, 7) is 0. The van der Waals surface area contributed by atoms with Crippen molar-refractivity contribution in [3.8, 4) is 11.6 Å². The van der Waals surface area contributed by atoms with Gasteiger partial charge in [-0.3, -0.25) is 14.9 Å². The van der Waals surface area contributed by atoms with Crippen LogP contribution in [0.3, 0.4) is 0 Å². The molecule has 1 aliphatic carbocycles. The SMILES string of the molecule is O=C1CCc2cc(Oc3ncc(Br)cc3[N+](=O)[O-])ccc21. The van der Waals surface area contributed by atoms with E-state index in [2.05, 4.69) is 20.9 Å². The van der Waals surface area contributed by atoms with Gasteiger partial charge in [0.2, 0.25) is 0 Å². The fourth-order valence-electron chi connectivity index (χ4n) is 2.23. The molecule has 0 bridgehead atoms. The maximum Gasteiger partial charge on any atom is 0.332 e. The molecule has 21 heavy (non-hydrogen) atoms. The number of rotatable bonds is 3. The highest BCUT2D eigenvalue weighted by molar-refractivity contribution is 9.10. The molecule has 0 unspecified atom stereocenters. The second-order valence-corrected chi connectivity index (χ2v) is 5.49. The molecule has 1 aromatic heterocycles. The second-order valence-electron chi connectivity index (χ2n) is 4.58. The van der Waals surface area contributed by atoms with Gasteiger partial charge in [-0.15, -0.1) is 0 Å². The van der Waals surface area contributed by atoms with Crippen molar-refractivity contribution in [1.82, 2.24) is 4.98 Å². The maximum atomic E-state index is 11.6. The number of ketones is 1. The van der Waals surface area contributed by atoms with E-state index in [-0.39, 0.29) is 17.4 Å². The summed E-state index contributed by atoms with van der Waals surface area (Å²) >= 11 is 3.14. The van der Waals surface area contributed by atoms with Crippen LogP contribution in [0.15, 0.2) is 34.9 Å². The number of nitro groups is 1. The number of nitrogens with zero attached hydrogens (tertiary/aromatic N) is 2. The highest BCUT2D eigenvalue weighted by Crippen LogP contribution is 2.33. The molecule has 0 spiro atoms. The molecule has 1 heterocycles. The van der Waals surface area contributed by atoms with Crippen molar-refractivity contribution >= 4 is 27.4 Å². The van der Waals surface area contributed by atoms with Crippen molar-refractivity contribution < 1.29 is 14.5 Å². The van der Waals surface area contributed by atoms with Crippen LogP contribution in [0.5, 0.6) is 11.6 Å². The molecule has 1 aliphatic rings. The van der Waals surface area contributed by atoms with Crippen LogP contribution in [-0.2, 0) is 6.42 Å². The van der Waals surface area contributed by atoms with E-state index in [9.17, 15) is 14.9 Å². The van der Waals surface area contributed by atoms with Crippen molar-refractivity contribution in [1.29, 1.82) is 0 Å². The maximum absolute atomic E-state index is 11.6. The van der Waals surface area contributed by atoms with Crippen LogP contribution in [-0.4, -0.2) is 15.7 Å². The minimum Gasteiger partial charge on any atom is -0.434 e. The highest BCUT2D eigenvalue weighted by atomic mass is 79.9. The minimum absolute atomic E-state index is 0.0764. The van der Waals surface area contributed by atoms with E-state index in [1.54, 1.807) is 18.2 Å². The Hall–Kier alpha value is -2.28. The van der Waals surface area contributed by atoms with Gasteiger partial charge in [-0.2, -0.15) is 0 Å². The molecule has 2 aromatic rings. The van der Waals surface area contributed by atoms with Crippen LogP contribution in [0.4, 0.5) is 5.69 Å². The molecule has 1 aromatic carbocycles. The molecule has 0 saturated carbocycles. The zero-order valence-corrected chi connectivity index (χ0v) is 12.3. The molecule has 0 amide bonds. The molecule has 0 saturated heterocycles. The lowest BCUT2D eigenvalue weighted by atomic mass is 10.1. The van der Waals surface area contributed by atoms with E-state index in [4.69, 9.17) is 4.74 Å². The third-order valence-corrected chi connectivity index (χ3v) is 3.64. The average Bonchev–Trinajstić information content (AvgIpc) is 2.82. The van der Waals surface area contributed by atoms with E-state index >= 15 is 0 Å². The summed E-state index contributed by atoms with van der Waals surface area (Å²) in [5, 5.41) is 11.0. The molecule has 0 aliphatic heterocycles. The smallest absolute Gasteiger partial charge is 0.332 e. The van der Waals surface area contributed by atoms with Gasteiger partial charge in [0, 0.05) is 28.7 Å². The predicted molar refractivity (Wildman–Crippen MR) is 77.8 cm³/mol. The Balaban J connectivity index is 1.94. The number of ether oxygens (including phenoxy) is 1. The van der Waals surface area contributed by atoms with E-state index < -0.39 is 4.92 Å². The molecule has 0 atom stereocenters. The van der Waals surface area contributed by atoms with Crippen molar-refractivity contribution in [2.75, 3.05) is 0 Å². The van der Waals surface area contributed by atoms with Gasteiger partial charge in [0.25, 0.3) is 5.88 Å². The first kappa shape index (κ1) is 13.7. The zero-order chi connectivity index (χ0) is 15.0. The van der Waals surface area contributed by atoms with Gasteiger partial charge in [0.1, 0.15) is 5.75 Å². The Morgan fingerprint density at radius 2 is 2.10 bits per heavy atom. The van der Waals surface area contributed by atoms with Crippen LogP contribution in [0.25, 0.3) is 0 Å². The summed E-state index contributed by atoms with van der Waals surface area (Å²) in [5.74, 6) is 0.471. The largest absolute Gasteiger partial charge is 0.434 e. The first-order chi connectivity index (χ1) is 10.0. The molecule has 3 rings (SSSR count). The molecular weight excluding hydrogens is 340 g/mol. The van der Waals surface area contributed by atoms with Crippen molar-refractivity contribution in [2.45, 2.75) is 12.8 Å². The van der Waals surface area contributed by atoms with Gasteiger partial charge in [-0.05, 0) is 46.1 Å². The molecule has 6 nitrogen and oxygen atoms in total. The highest BCUT2D eigenvalue weighted by Gasteiger charge is 2.22. The van der Waals surface area contributed by atoms with Crippen LogP contribution in [0.1, 0.15) is 22.3 Å². The van der Waals surface area contributed by atoms with Gasteiger partial charge in [-0.1, -0.05) is 0 Å². The zero-order valence-electron chi connectivity index (χ0n) is 10.7. The number of halogens is 1. The first-order valence-corrected chi connectivity index (χ1v) is 6.98. The molecule has 0 radical (unpaired) electrons. The van der Waals surface area contributed by atoms with Crippen molar-refractivity contribution in [3.05, 3.63) is 56.2 Å². The Morgan fingerprint density at radius 1 is 1.29 bits per heavy atom. The third-order valence-electron chi connectivity index (χ3n) is 3.21. The van der Waals surface area contributed by atoms with Crippen molar-refractivity contribution in [3.63, 3.8) is 0 Å². The third kappa shape index (κ3) is 2.64. The Labute approximate surface area is 128 Å². The molecule has 0 N–H and O–H groups in total. The summed E-state index contributed by atoms with van der Waals surface area (Å²) in [4.78, 5) is 26.0. The summed E-state index contributed by atoms with van der Waals surface area (Å²) in [6, 6.07) is 6.37. The summed E-state index contributed by atoms with van der Waals surface area (Å²) in [7, 11) is 0. The number of Topliss-reactive ketones (excluding diaryl/α,β-unsaturated/α-hetero) is 1. The van der Waals surface area contributed by atoms with E-state index in [0.717, 1.165) is 5.56 Å². The Bertz CT molecular complexity index is 761. The van der Waals surface area contributed by atoms with Crippen LogP contribution >= 0.6 is 15.9 Å². The lowest BCUT2D eigenvalue weighted by molar-refractivity contribution is -0.386. The number of aromatic nitrogens is 1.